The summed E-state index contributed by atoms with van der Waals surface area (Å²) in [6.07, 6.45) is 1.35. The number of piperazine rings is 1. The van der Waals surface area contributed by atoms with E-state index in [1.54, 1.807) is 6.07 Å². The average Bonchev–Trinajstić information content (AvgIpc) is 3.39. The molecular weight excluding hydrogens is 506 g/mol. The Balaban J connectivity index is 1.38. The predicted molar refractivity (Wildman–Crippen MR) is 138 cm³/mol. The summed E-state index contributed by atoms with van der Waals surface area (Å²) >= 11 is 0. The summed E-state index contributed by atoms with van der Waals surface area (Å²) < 4.78 is 10.9. The highest BCUT2D eigenvalue weighted by molar-refractivity contribution is 6.20. The molecule has 12 heteroatoms. The van der Waals surface area contributed by atoms with Gasteiger partial charge >= 0.3 is 6.03 Å². The van der Waals surface area contributed by atoms with Crippen molar-refractivity contribution in [2.45, 2.75) is 38.8 Å². The number of ether oxygens (including phenoxy) is 2. The molecule has 0 saturated carbocycles. The van der Waals surface area contributed by atoms with Crippen LogP contribution in [0.2, 0.25) is 0 Å². The Hall–Kier alpha value is -4.19. The number of nitrogens with one attached hydrogen (secondary N) is 1. The van der Waals surface area contributed by atoms with E-state index >= 15 is 0 Å². The van der Waals surface area contributed by atoms with E-state index in [1.807, 2.05) is 30.0 Å². The van der Waals surface area contributed by atoms with Crippen molar-refractivity contribution in [3.8, 4) is 11.5 Å². The van der Waals surface area contributed by atoms with Gasteiger partial charge in [0.1, 0.15) is 0 Å². The fourth-order valence-electron chi connectivity index (χ4n) is 6.19. The maximum atomic E-state index is 14.1. The number of barbiturate groups is 1. The van der Waals surface area contributed by atoms with Crippen LogP contribution in [0.5, 0.6) is 11.5 Å². The lowest BCUT2D eigenvalue weighted by atomic mass is 9.67. The second kappa shape index (κ2) is 9.53. The maximum Gasteiger partial charge on any atom is 0.330 e. The number of carbonyl (C=O) groups is 3. The predicted octanol–water partition coefficient (Wildman–Crippen LogP) is 2.44. The van der Waals surface area contributed by atoms with Gasteiger partial charge in [0.2, 0.25) is 18.6 Å². The third kappa shape index (κ3) is 4.06. The molecular formula is C27H29N5O7. The number of amides is 4. The Morgan fingerprint density at radius 1 is 1.10 bits per heavy atom. The van der Waals surface area contributed by atoms with E-state index in [0.717, 1.165) is 22.6 Å². The third-order valence-electron chi connectivity index (χ3n) is 8.16. The molecule has 0 unspecified atom stereocenters. The Kier molecular flexibility index (Phi) is 6.13. The Labute approximate surface area is 224 Å². The van der Waals surface area contributed by atoms with Crippen LogP contribution in [-0.4, -0.2) is 71.6 Å². The second-order valence-electron chi connectivity index (χ2n) is 10.4. The lowest BCUT2D eigenvalue weighted by molar-refractivity contribution is -0.384. The number of hydrogen-bond acceptors (Lipinski definition) is 9. The smallest absolute Gasteiger partial charge is 0.330 e. The maximum absolute atomic E-state index is 14.1. The lowest BCUT2D eigenvalue weighted by Crippen LogP contribution is -2.75. The van der Waals surface area contributed by atoms with Gasteiger partial charge in [0.15, 0.2) is 16.9 Å². The molecule has 1 spiro atoms. The Morgan fingerprint density at radius 3 is 2.72 bits per heavy atom. The van der Waals surface area contributed by atoms with Crippen molar-refractivity contribution in [3.63, 3.8) is 0 Å². The number of anilines is 1. The van der Waals surface area contributed by atoms with Crippen LogP contribution in [0.15, 0.2) is 36.4 Å². The molecule has 12 nitrogen and oxygen atoms in total. The van der Waals surface area contributed by atoms with Crippen molar-refractivity contribution in [3.05, 3.63) is 57.6 Å². The van der Waals surface area contributed by atoms with Crippen LogP contribution in [0.4, 0.5) is 16.2 Å². The molecule has 0 aromatic heterocycles. The fraction of sp³-hybridized carbons (Fsp3) is 0.444. The van der Waals surface area contributed by atoms with Gasteiger partial charge in [-0.05, 0) is 35.7 Å². The van der Waals surface area contributed by atoms with E-state index in [-0.39, 0.29) is 25.4 Å². The van der Waals surface area contributed by atoms with Crippen molar-refractivity contribution >= 4 is 29.2 Å². The van der Waals surface area contributed by atoms with Gasteiger partial charge < -0.3 is 14.4 Å². The minimum Gasteiger partial charge on any atom is -0.454 e. The molecule has 6 rings (SSSR count). The van der Waals surface area contributed by atoms with E-state index in [0.29, 0.717) is 49.7 Å². The van der Waals surface area contributed by atoms with Crippen molar-refractivity contribution in [1.29, 1.82) is 0 Å². The normalized spacial score (nSPS) is 24.0. The molecule has 0 radical (unpaired) electrons. The number of imide groups is 2. The molecule has 4 aliphatic rings. The number of carbonyl (C=O) groups excluding carboxylic acids is 3. The van der Waals surface area contributed by atoms with Gasteiger partial charge in [0.05, 0.1) is 11.0 Å². The van der Waals surface area contributed by atoms with E-state index < -0.39 is 34.2 Å². The van der Waals surface area contributed by atoms with Crippen molar-refractivity contribution in [2.24, 2.45) is 5.41 Å². The molecule has 4 aliphatic heterocycles. The van der Waals surface area contributed by atoms with E-state index in [9.17, 15) is 24.5 Å². The van der Waals surface area contributed by atoms with Gasteiger partial charge in [-0.15, -0.1) is 0 Å². The number of nitro benzene ring substituents is 1. The summed E-state index contributed by atoms with van der Waals surface area (Å²) in [6.45, 7) is 4.45. The highest BCUT2D eigenvalue weighted by Crippen LogP contribution is 2.47. The summed E-state index contributed by atoms with van der Waals surface area (Å²) in [6, 6.07) is 9.08. The van der Waals surface area contributed by atoms with Crippen molar-refractivity contribution in [2.75, 3.05) is 37.9 Å². The van der Waals surface area contributed by atoms with Gasteiger partial charge in [0, 0.05) is 57.0 Å². The number of benzene rings is 2. The van der Waals surface area contributed by atoms with Crippen LogP contribution in [0.1, 0.15) is 30.9 Å². The highest BCUT2D eigenvalue weighted by Gasteiger charge is 2.62. The molecule has 1 N–H and O–H groups in total. The molecule has 204 valence electrons. The zero-order chi connectivity index (χ0) is 27.3. The van der Waals surface area contributed by atoms with Crippen LogP contribution in [0, 0.1) is 15.5 Å². The number of nitro groups is 1. The number of hydrogen-bond donors (Lipinski definition) is 1. The van der Waals surface area contributed by atoms with Gasteiger partial charge in [-0.3, -0.25) is 34.8 Å². The zero-order valence-corrected chi connectivity index (χ0v) is 21.6. The number of unbranched alkanes of at least 4 members (excludes halogenated alkanes) is 1. The van der Waals surface area contributed by atoms with Crippen molar-refractivity contribution in [1.82, 2.24) is 15.1 Å². The summed E-state index contributed by atoms with van der Waals surface area (Å²) in [7, 11) is 0. The highest BCUT2D eigenvalue weighted by atomic mass is 16.7. The van der Waals surface area contributed by atoms with Gasteiger partial charge in [0.25, 0.3) is 5.69 Å². The van der Waals surface area contributed by atoms with Crippen LogP contribution in [0.25, 0.3) is 0 Å². The summed E-state index contributed by atoms with van der Waals surface area (Å²) in [5.41, 5.74) is 0.630. The molecule has 2 saturated heterocycles. The zero-order valence-electron chi connectivity index (χ0n) is 21.6. The largest absolute Gasteiger partial charge is 0.454 e. The monoisotopic (exact) mass is 535 g/mol. The number of fused-ring (bicyclic) bond motifs is 5. The molecule has 2 atom stereocenters. The Bertz CT molecular complexity index is 1380. The van der Waals surface area contributed by atoms with Crippen LogP contribution < -0.4 is 19.7 Å². The van der Waals surface area contributed by atoms with E-state index in [2.05, 4.69) is 10.2 Å². The quantitative estimate of drug-likeness (QED) is 0.336. The van der Waals surface area contributed by atoms with E-state index in [1.165, 1.54) is 12.1 Å². The van der Waals surface area contributed by atoms with Crippen LogP contribution >= 0.6 is 0 Å². The van der Waals surface area contributed by atoms with E-state index in [4.69, 9.17) is 9.47 Å². The molecule has 2 fully saturated rings. The van der Waals surface area contributed by atoms with Crippen LogP contribution in [-0.2, 0) is 22.6 Å². The SMILES string of the molecule is CCCCN1C(=O)NC(=O)[C@]2(Cc3cc([N+](=O)[O-])ccc3N3CCN(Cc4ccc5c(c4)OCO5)C[C@@H]32)C1=O. The number of nitrogens with zero attached hydrogens (tertiary/aromatic N) is 4. The molecule has 2 aromatic carbocycles. The van der Waals surface area contributed by atoms with Gasteiger partial charge in [-0.2, -0.15) is 0 Å². The van der Waals surface area contributed by atoms with Gasteiger partial charge in [-0.25, -0.2) is 4.79 Å². The van der Waals surface area contributed by atoms with Crippen LogP contribution in [0.3, 0.4) is 0 Å². The topological polar surface area (TPSA) is 135 Å². The molecule has 0 bridgehead atoms. The lowest BCUT2D eigenvalue weighted by Gasteiger charge is -2.55. The minimum absolute atomic E-state index is 0.0242. The van der Waals surface area contributed by atoms with Crippen molar-refractivity contribution < 1.29 is 28.8 Å². The number of non-ortho nitro benzene ring substituents is 1. The molecule has 4 amide bonds. The summed E-state index contributed by atoms with van der Waals surface area (Å²) in [5, 5.41) is 14.0. The summed E-state index contributed by atoms with van der Waals surface area (Å²) in [5.74, 6) is 0.189. The molecule has 4 heterocycles. The molecule has 39 heavy (non-hydrogen) atoms. The first-order valence-corrected chi connectivity index (χ1v) is 13.1. The standard InChI is InChI=1S/C27H29N5O7/c1-2-3-8-31-25(34)27(24(33)28-26(31)35)13-18-12-19(32(36)37)5-6-20(18)30-10-9-29(15-23(27)30)14-17-4-7-21-22(11-17)39-16-38-21/h4-7,11-12,23H,2-3,8-10,13-16H2,1H3,(H,28,33,35)/t23-,27-/m1/s1. The number of urea groups is 1. The third-order valence-corrected chi connectivity index (χ3v) is 8.16. The first-order valence-electron chi connectivity index (χ1n) is 13.1. The molecule has 2 aromatic rings. The Morgan fingerprint density at radius 2 is 1.92 bits per heavy atom. The first-order chi connectivity index (χ1) is 18.8. The van der Waals surface area contributed by atoms with Gasteiger partial charge in [-0.1, -0.05) is 19.4 Å². The number of rotatable bonds is 6. The molecule has 0 aliphatic carbocycles. The first kappa shape index (κ1) is 25.1. The average molecular weight is 536 g/mol. The second-order valence-corrected chi connectivity index (χ2v) is 10.4. The summed E-state index contributed by atoms with van der Waals surface area (Å²) in [4.78, 5) is 57.0. The fourth-order valence-corrected chi connectivity index (χ4v) is 6.19. The minimum atomic E-state index is -1.60.